The largest absolute Gasteiger partial charge is 0.465 e. The molecule has 0 bridgehead atoms. The molecular formula is C40H47FN7O7PS. The van der Waals surface area contributed by atoms with Crippen molar-refractivity contribution in [2.75, 3.05) is 19.7 Å². The van der Waals surface area contributed by atoms with E-state index < -0.39 is 43.4 Å². The number of benzene rings is 2. The number of carbonyl (C=O) groups is 4. The minimum atomic E-state index is -4.44. The smallest absolute Gasteiger partial charge is 0.355 e. The number of thiophene rings is 1. The van der Waals surface area contributed by atoms with E-state index in [0.717, 1.165) is 25.1 Å². The molecule has 2 aromatic carbocycles. The van der Waals surface area contributed by atoms with Crippen LogP contribution in [-0.4, -0.2) is 92.1 Å². The minimum absolute atomic E-state index is 0.0315. The second-order valence-corrected chi connectivity index (χ2v) is 18.9. The number of rotatable bonds is 13. The molecule has 14 nitrogen and oxygen atoms in total. The lowest BCUT2D eigenvalue weighted by molar-refractivity contribution is -0.149. The fraction of sp³-hybridized carbons (Fsp3) is 0.500. The summed E-state index contributed by atoms with van der Waals surface area (Å²) < 4.78 is 44.3. The standard InChI is InChI=1S/C40H47FN7O7PS/c1-4-14-54-40(52)23(2)45-56(53,55-30-8-6-5-7-9-30)35(41)24-10-13-33-27(15-24)19-34(57-33)37(49)43-31-18-26-16-25(26)17-29-11-12-32(48(29)38(31)50)39(51)47-20-28(21-47)36-44-42-22-46(36)3/h5-10,13,15,19,22-23,25-26,28-29,31-32,35H,4,11-12,14,16-18,20-21H2,1-3H3,(H,43,49)(H,45,53)/t23-,25+,26-,29+,31-,32-,35?,56?/m0/s1. The molecule has 3 aliphatic heterocycles. The van der Waals surface area contributed by atoms with Crippen LogP contribution in [-0.2, 0) is 30.7 Å². The number of alkyl halides is 1. The third kappa shape index (κ3) is 7.96. The topological polar surface area (TPSA) is 165 Å². The Bertz CT molecular complexity index is 2210. The van der Waals surface area contributed by atoms with Crippen LogP contribution in [0, 0.1) is 11.8 Å². The molecule has 0 spiro atoms. The molecule has 8 rings (SSSR count). The van der Waals surface area contributed by atoms with Gasteiger partial charge in [0.05, 0.1) is 17.4 Å². The van der Waals surface area contributed by atoms with Crippen LogP contribution in [0.3, 0.4) is 0 Å². The Morgan fingerprint density at radius 1 is 1.05 bits per heavy atom. The van der Waals surface area contributed by atoms with Gasteiger partial charge in [0.1, 0.15) is 36.0 Å². The molecule has 2 aromatic heterocycles. The molecule has 1 aliphatic carbocycles. The quantitative estimate of drug-likeness (QED) is 0.126. The Morgan fingerprint density at radius 3 is 2.56 bits per heavy atom. The van der Waals surface area contributed by atoms with Gasteiger partial charge in [0.25, 0.3) is 5.91 Å². The molecular weight excluding hydrogens is 773 g/mol. The minimum Gasteiger partial charge on any atom is -0.465 e. The van der Waals surface area contributed by atoms with Crippen LogP contribution in [0.5, 0.6) is 5.75 Å². The van der Waals surface area contributed by atoms with E-state index in [0.29, 0.717) is 59.2 Å². The summed E-state index contributed by atoms with van der Waals surface area (Å²) in [4.78, 5) is 58.6. The fourth-order valence-electron chi connectivity index (χ4n) is 8.50. The number of nitrogens with one attached hydrogen (secondary N) is 2. The van der Waals surface area contributed by atoms with E-state index in [-0.39, 0.29) is 41.7 Å². The van der Waals surface area contributed by atoms with Crippen LogP contribution in [0.15, 0.2) is 60.9 Å². The number of halogens is 1. The second-order valence-electron chi connectivity index (χ2n) is 15.7. The molecule has 8 atom stereocenters. The van der Waals surface area contributed by atoms with E-state index >= 15 is 4.39 Å². The van der Waals surface area contributed by atoms with Crippen molar-refractivity contribution >= 4 is 52.6 Å². The van der Waals surface area contributed by atoms with Gasteiger partial charge >= 0.3 is 13.5 Å². The number of esters is 1. The lowest BCUT2D eigenvalue weighted by Crippen LogP contribution is -2.60. The highest BCUT2D eigenvalue weighted by atomic mass is 32.1. The maximum Gasteiger partial charge on any atom is 0.355 e. The van der Waals surface area contributed by atoms with Gasteiger partial charge in [-0.15, -0.1) is 21.5 Å². The van der Waals surface area contributed by atoms with Crippen molar-refractivity contribution in [2.45, 2.75) is 88.4 Å². The Labute approximate surface area is 334 Å². The Balaban J connectivity index is 0.978. The fourth-order valence-corrected chi connectivity index (χ4v) is 11.4. The highest BCUT2D eigenvalue weighted by molar-refractivity contribution is 7.57. The van der Waals surface area contributed by atoms with Crippen molar-refractivity contribution in [2.24, 2.45) is 18.9 Å². The Morgan fingerprint density at radius 2 is 1.82 bits per heavy atom. The molecule has 3 saturated heterocycles. The number of aryl methyl sites for hydroxylation is 1. The maximum absolute atomic E-state index is 16.5. The molecule has 17 heteroatoms. The number of para-hydroxylation sites is 1. The maximum atomic E-state index is 16.5. The van der Waals surface area contributed by atoms with Gasteiger partial charge < -0.3 is 28.9 Å². The van der Waals surface area contributed by atoms with Crippen LogP contribution in [0.25, 0.3) is 10.1 Å². The van der Waals surface area contributed by atoms with Gasteiger partial charge in [-0.1, -0.05) is 31.2 Å². The third-order valence-electron chi connectivity index (χ3n) is 11.6. The highest BCUT2D eigenvalue weighted by Gasteiger charge is 2.53. The number of carbonyl (C=O) groups excluding carboxylic acids is 4. The molecule has 5 heterocycles. The van der Waals surface area contributed by atoms with Crippen LogP contribution in [0.4, 0.5) is 4.39 Å². The molecule has 57 heavy (non-hydrogen) atoms. The first kappa shape index (κ1) is 39.2. The van der Waals surface area contributed by atoms with E-state index in [4.69, 9.17) is 9.26 Å². The zero-order valence-electron chi connectivity index (χ0n) is 32.1. The molecule has 4 fully saturated rings. The summed E-state index contributed by atoms with van der Waals surface area (Å²) in [6.45, 7) is 4.50. The number of amides is 3. The summed E-state index contributed by atoms with van der Waals surface area (Å²) in [5.74, 6) is -1.70. The number of fused-ring (bicyclic) bond motifs is 3. The number of ether oxygens (including phenoxy) is 1. The monoisotopic (exact) mass is 819 g/mol. The summed E-state index contributed by atoms with van der Waals surface area (Å²) in [6.07, 6.45) is 5.95. The number of aromatic nitrogens is 3. The lowest BCUT2D eigenvalue weighted by Gasteiger charge is -2.42. The normalized spacial score (nSPS) is 25.3. The molecule has 0 radical (unpaired) electrons. The van der Waals surface area contributed by atoms with E-state index in [1.165, 1.54) is 30.4 Å². The van der Waals surface area contributed by atoms with E-state index in [1.54, 1.807) is 58.6 Å². The summed E-state index contributed by atoms with van der Waals surface area (Å²) in [5, 5.41) is 14.3. The Hall–Kier alpha value is -4.66. The summed E-state index contributed by atoms with van der Waals surface area (Å²) in [6, 6.07) is 11.9. The number of hydrogen-bond donors (Lipinski definition) is 2. The number of nitrogens with zero attached hydrogens (tertiary/aromatic N) is 5. The predicted octanol–water partition coefficient (Wildman–Crippen LogP) is 5.72. The lowest BCUT2D eigenvalue weighted by atomic mass is 9.97. The van der Waals surface area contributed by atoms with Gasteiger partial charge in [-0.2, -0.15) is 0 Å². The average molecular weight is 820 g/mol. The average Bonchev–Trinajstić information content (AvgIpc) is 3.48. The highest BCUT2D eigenvalue weighted by Crippen LogP contribution is 2.58. The van der Waals surface area contributed by atoms with Crippen LogP contribution in [0.1, 0.15) is 85.3 Å². The molecule has 302 valence electrons. The van der Waals surface area contributed by atoms with Crippen molar-refractivity contribution in [3.8, 4) is 5.75 Å². The van der Waals surface area contributed by atoms with E-state index in [1.807, 2.05) is 18.5 Å². The number of likely N-dealkylation sites (tertiary alicyclic amines) is 1. The van der Waals surface area contributed by atoms with Gasteiger partial charge in [0.2, 0.25) is 17.7 Å². The van der Waals surface area contributed by atoms with Crippen LogP contribution < -0.4 is 14.9 Å². The van der Waals surface area contributed by atoms with Crippen molar-refractivity contribution in [1.82, 2.24) is 35.0 Å². The summed E-state index contributed by atoms with van der Waals surface area (Å²) in [5.41, 5.74) is 0.0315. The van der Waals surface area contributed by atoms with Crippen molar-refractivity contribution < 1.29 is 37.4 Å². The zero-order valence-corrected chi connectivity index (χ0v) is 33.8. The van der Waals surface area contributed by atoms with Gasteiger partial charge in [-0.25, -0.2) is 9.48 Å². The zero-order chi connectivity index (χ0) is 40.0. The van der Waals surface area contributed by atoms with Gasteiger partial charge in [-0.05, 0) is 98.6 Å². The summed E-state index contributed by atoms with van der Waals surface area (Å²) in [7, 11) is -2.56. The van der Waals surface area contributed by atoms with Crippen LogP contribution in [0.2, 0.25) is 0 Å². The van der Waals surface area contributed by atoms with Gasteiger partial charge in [0.15, 0.2) is 0 Å². The number of hydrogen-bond acceptors (Lipinski definition) is 10. The Kier molecular flexibility index (Phi) is 11.0. The molecule has 3 amide bonds. The van der Waals surface area contributed by atoms with E-state index in [2.05, 4.69) is 20.6 Å². The summed E-state index contributed by atoms with van der Waals surface area (Å²) >= 11 is 1.20. The first-order chi connectivity index (χ1) is 27.4. The first-order valence-corrected chi connectivity index (χ1v) is 22.2. The molecule has 2 unspecified atom stereocenters. The molecule has 4 aromatic rings. The van der Waals surface area contributed by atoms with Crippen molar-refractivity contribution in [1.29, 1.82) is 0 Å². The van der Waals surface area contributed by atoms with Crippen molar-refractivity contribution in [3.63, 3.8) is 0 Å². The van der Waals surface area contributed by atoms with E-state index in [9.17, 15) is 23.7 Å². The predicted molar refractivity (Wildman–Crippen MR) is 210 cm³/mol. The van der Waals surface area contributed by atoms with Crippen LogP contribution >= 0.6 is 18.9 Å². The molecule has 1 saturated carbocycles. The van der Waals surface area contributed by atoms with Gasteiger partial charge in [0, 0.05) is 30.9 Å². The van der Waals surface area contributed by atoms with Crippen molar-refractivity contribution in [3.05, 3.63) is 77.2 Å². The van der Waals surface area contributed by atoms with Gasteiger partial charge in [-0.3, -0.25) is 23.7 Å². The molecule has 2 N–H and O–H groups in total. The SMILES string of the molecule is CCCOC(=O)[C@H](C)NP(=O)(Oc1ccccc1)C(F)c1ccc2sc(C(=O)N[C@H]3C[C@@H]4C[C@@H]4C[C@H]4CC[C@@H](C(=O)N5CC(c6nncn6C)C5)N4C3=O)cc2c1. The second kappa shape index (κ2) is 15.9. The first-order valence-electron chi connectivity index (χ1n) is 19.6. The third-order valence-corrected chi connectivity index (χ3v) is 14.9. The molecule has 4 aliphatic rings.